The minimum absolute atomic E-state index is 0.0535. The van der Waals surface area contributed by atoms with Crippen molar-refractivity contribution in [3.8, 4) is 17.2 Å². The molecule has 0 fully saturated rings. The van der Waals surface area contributed by atoms with E-state index in [0.29, 0.717) is 5.75 Å². The van der Waals surface area contributed by atoms with Crippen molar-refractivity contribution in [1.82, 2.24) is 0 Å². The molecule has 4 aromatic rings. The fourth-order valence-corrected chi connectivity index (χ4v) is 3.93. The van der Waals surface area contributed by atoms with Crippen LogP contribution in [0.3, 0.4) is 0 Å². The SMILES string of the molecule is COc1c(CO)ccc2c1c[n+](C)c1c3cc4c(cc3ccc21)OCO4. The van der Waals surface area contributed by atoms with Gasteiger partial charge in [0.25, 0.3) is 0 Å². The molecule has 5 nitrogen and oxygen atoms in total. The summed E-state index contributed by atoms with van der Waals surface area (Å²) < 4.78 is 18.8. The molecule has 0 spiro atoms. The highest BCUT2D eigenvalue weighted by molar-refractivity contribution is 6.15. The van der Waals surface area contributed by atoms with Crippen LogP contribution >= 0.6 is 0 Å². The van der Waals surface area contributed by atoms with Gasteiger partial charge in [-0.3, -0.25) is 0 Å². The van der Waals surface area contributed by atoms with Crippen LogP contribution in [-0.4, -0.2) is 19.0 Å². The zero-order chi connectivity index (χ0) is 17.8. The normalized spacial score (nSPS) is 13.0. The fourth-order valence-electron chi connectivity index (χ4n) is 3.93. The number of nitrogens with zero attached hydrogens (tertiary/aromatic N) is 1. The van der Waals surface area contributed by atoms with Crippen molar-refractivity contribution in [2.24, 2.45) is 7.05 Å². The molecule has 0 bridgehead atoms. The summed E-state index contributed by atoms with van der Waals surface area (Å²) in [7, 11) is 3.66. The van der Waals surface area contributed by atoms with Gasteiger partial charge < -0.3 is 19.3 Å². The minimum Gasteiger partial charge on any atom is -0.495 e. The predicted molar refractivity (Wildman–Crippen MR) is 98.7 cm³/mol. The van der Waals surface area contributed by atoms with Crippen LogP contribution < -0.4 is 18.8 Å². The maximum absolute atomic E-state index is 9.61. The fraction of sp³-hybridized carbons (Fsp3) is 0.190. The molecule has 0 amide bonds. The van der Waals surface area contributed by atoms with Crippen LogP contribution in [-0.2, 0) is 13.7 Å². The summed E-state index contributed by atoms with van der Waals surface area (Å²) in [4.78, 5) is 0. The van der Waals surface area contributed by atoms with Crippen molar-refractivity contribution >= 4 is 32.4 Å². The number of pyridine rings is 1. The van der Waals surface area contributed by atoms with E-state index in [-0.39, 0.29) is 13.4 Å². The summed E-state index contributed by atoms with van der Waals surface area (Å²) in [5.74, 6) is 2.28. The molecule has 0 atom stereocenters. The van der Waals surface area contributed by atoms with Crippen LogP contribution in [0.5, 0.6) is 17.2 Å². The average molecular weight is 348 g/mol. The predicted octanol–water partition coefficient (Wildman–Crippen LogP) is 3.20. The van der Waals surface area contributed by atoms with Gasteiger partial charge in [-0.1, -0.05) is 18.2 Å². The van der Waals surface area contributed by atoms with Gasteiger partial charge in [0.2, 0.25) is 12.3 Å². The summed E-state index contributed by atoms with van der Waals surface area (Å²) in [6.45, 7) is 0.210. The smallest absolute Gasteiger partial charge is 0.231 e. The number of hydrogen-bond donors (Lipinski definition) is 1. The summed E-state index contributed by atoms with van der Waals surface area (Å²) in [5.41, 5.74) is 1.90. The van der Waals surface area contributed by atoms with Gasteiger partial charge in [-0.15, -0.1) is 0 Å². The van der Waals surface area contributed by atoms with Crippen LogP contribution in [0.25, 0.3) is 32.4 Å². The van der Waals surface area contributed by atoms with Crippen molar-refractivity contribution in [1.29, 1.82) is 0 Å². The standard InChI is InChI=1S/C21H18NO4/c1-22-9-17-14(5-4-13(10-23)21(17)24-2)15-6-3-12-7-18-19(26-11-25-18)8-16(12)20(15)22/h3-9,23H,10-11H2,1-2H3/q+1. The number of methoxy groups -OCH3 is 1. The lowest BCUT2D eigenvalue weighted by atomic mass is 9.99. The van der Waals surface area contributed by atoms with E-state index in [4.69, 9.17) is 14.2 Å². The summed E-state index contributed by atoms with van der Waals surface area (Å²) in [6.07, 6.45) is 2.06. The first-order valence-electron chi connectivity index (χ1n) is 8.46. The van der Waals surface area contributed by atoms with Gasteiger partial charge in [-0.25, -0.2) is 0 Å². The molecule has 1 aliphatic rings. The second-order valence-electron chi connectivity index (χ2n) is 6.51. The van der Waals surface area contributed by atoms with Gasteiger partial charge in [0.05, 0.1) is 29.9 Å². The highest BCUT2D eigenvalue weighted by Gasteiger charge is 2.21. The Labute approximate surface area is 149 Å². The zero-order valence-corrected chi connectivity index (χ0v) is 14.6. The van der Waals surface area contributed by atoms with Gasteiger partial charge in [0.15, 0.2) is 17.7 Å². The van der Waals surface area contributed by atoms with E-state index < -0.39 is 0 Å². The maximum Gasteiger partial charge on any atom is 0.231 e. The first-order chi connectivity index (χ1) is 12.7. The quantitative estimate of drug-likeness (QED) is 0.446. The Hall–Kier alpha value is -3.05. The Bertz CT molecular complexity index is 1200. The van der Waals surface area contributed by atoms with Gasteiger partial charge in [-0.05, 0) is 23.6 Å². The number of aliphatic hydroxyl groups excluding tert-OH is 1. The van der Waals surface area contributed by atoms with Crippen molar-refractivity contribution in [2.45, 2.75) is 6.61 Å². The molecule has 1 aliphatic heterocycles. The monoisotopic (exact) mass is 348 g/mol. The van der Waals surface area contributed by atoms with Crippen LogP contribution in [0.4, 0.5) is 0 Å². The van der Waals surface area contributed by atoms with Crippen molar-refractivity contribution in [2.75, 3.05) is 13.9 Å². The number of aryl methyl sites for hydroxylation is 1. The van der Waals surface area contributed by atoms with Crippen LogP contribution in [0.2, 0.25) is 0 Å². The van der Waals surface area contributed by atoms with Crippen molar-refractivity contribution < 1.29 is 23.9 Å². The number of hydrogen-bond acceptors (Lipinski definition) is 4. The Morgan fingerprint density at radius 3 is 2.54 bits per heavy atom. The maximum atomic E-state index is 9.61. The number of aromatic nitrogens is 1. The molecule has 1 N–H and O–H groups in total. The zero-order valence-electron chi connectivity index (χ0n) is 14.6. The number of ether oxygens (including phenoxy) is 3. The second-order valence-corrected chi connectivity index (χ2v) is 6.51. The van der Waals surface area contributed by atoms with E-state index in [0.717, 1.165) is 49.5 Å². The van der Waals surface area contributed by atoms with E-state index in [1.165, 1.54) is 0 Å². The molecule has 0 saturated heterocycles. The number of aliphatic hydroxyl groups is 1. The first kappa shape index (κ1) is 15.2. The molecule has 5 rings (SSSR count). The van der Waals surface area contributed by atoms with E-state index in [1.54, 1.807) is 7.11 Å². The highest BCUT2D eigenvalue weighted by atomic mass is 16.7. The van der Waals surface area contributed by atoms with E-state index in [2.05, 4.69) is 22.9 Å². The Balaban J connectivity index is 1.94. The third-order valence-electron chi connectivity index (χ3n) is 5.10. The molecule has 1 aromatic heterocycles. The van der Waals surface area contributed by atoms with Crippen molar-refractivity contribution in [3.05, 3.63) is 48.2 Å². The Morgan fingerprint density at radius 1 is 1.00 bits per heavy atom. The highest BCUT2D eigenvalue weighted by Crippen LogP contribution is 2.40. The number of rotatable bonds is 2. The van der Waals surface area contributed by atoms with Gasteiger partial charge >= 0.3 is 0 Å². The molecule has 130 valence electrons. The summed E-state index contributed by atoms with van der Waals surface area (Å²) in [6, 6.07) is 12.3. The molecular formula is C21H18NO4+. The molecule has 5 heteroatoms. The Kier molecular flexibility index (Phi) is 3.21. The molecule has 0 unspecified atom stereocenters. The van der Waals surface area contributed by atoms with Gasteiger partial charge in [-0.2, -0.15) is 4.57 Å². The molecular weight excluding hydrogens is 330 g/mol. The van der Waals surface area contributed by atoms with Crippen molar-refractivity contribution in [3.63, 3.8) is 0 Å². The molecule has 3 aromatic carbocycles. The van der Waals surface area contributed by atoms with Crippen LogP contribution in [0.15, 0.2) is 42.6 Å². The van der Waals surface area contributed by atoms with Crippen LogP contribution in [0, 0.1) is 0 Å². The largest absolute Gasteiger partial charge is 0.495 e. The summed E-state index contributed by atoms with van der Waals surface area (Å²) in [5, 5.41) is 15.0. The second kappa shape index (κ2) is 5.47. The topological polar surface area (TPSA) is 51.8 Å². The van der Waals surface area contributed by atoms with Gasteiger partial charge in [0, 0.05) is 10.9 Å². The molecule has 2 heterocycles. The molecule has 0 radical (unpaired) electrons. The van der Waals surface area contributed by atoms with E-state index in [9.17, 15) is 5.11 Å². The van der Waals surface area contributed by atoms with E-state index in [1.807, 2.05) is 31.3 Å². The third-order valence-corrected chi connectivity index (χ3v) is 5.10. The van der Waals surface area contributed by atoms with Crippen LogP contribution in [0.1, 0.15) is 5.56 Å². The lowest BCUT2D eigenvalue weighted by molar-refractivity contribution is -0.642. The summed E-state index contributed by atoms with van der Waals surface area (Å²) >= 11 is 0. The lowest BCUT2D eigenvalue weighted by Crippen LogP contribution is -2.28. The van der Waals surface area contributed by atoms with Gasteiger partial charge in [0.1, 0.15) is 12.8 Å². The third kappa shape index (κ3) is 1.98. The lowest BCUT2D eigenvalue weighted by Gasteiger charge is -2.12. The molecule has 0 aliphatic carbocycles. The number of benzene rings is 3. The Morgan fingerprint density at radius 2 is 1.77 bits per heavy atom. The number of fused-ring (bicyclic) bond motifs is 6. The average Bonchev–Trinajstić information content (AvgIpc) is 3.12. The first-order valence-corrected chi connectivity index (χ1v) is 8.46. The van der Waals surface area contributed by atoms with E-state index >= 15 is 0 Å². The minimum atomic E-state index is -0.0535. The molecule has 26 heavy (non-hydrogen) atoms. The molecule has 0 saturated carbocycles.